The Labute approximate surface area is 610 Å². The van der Waals surface area contributed by atoms with E-state index in [1.54, 1.807) is 72.8 Å². The summed E-state index contributed by atoms with van der Waals surface area (Å²) >= 11 is 0. The largest absolute Gasteiger partial charge is 0.508 e. The van der Waals surface area contributed by atoms with Gasteiger partial charge in [0.15, 0.2) is 11.5 Å². The van der Waals surface area contributed by atoms with Gasteiger partial charge in [-0.2, -0.15) is 0 Å². The molecule has 10 N–H and O–H groups in total. The molecule has 7 aromatic rings. The molecule has 1 fully saturated rings. The summed E-state index contributed by atoms with van der Waals surface area (Å²) in [5.41, 5.74) is 3.93. The molecule has 106 heavy (non-hydrogen) atoms. The summed E-state index contributed by atoms with van der Waals surface area (Å²) in [6, 6.07) is 42.0. The van der Waals surface area contributed by atoms with E-state index in [1.165, 1.54) is 35.2 Å². The molecule has 11 rings (SSSR count). The van der Waals surface area contributed by atoms with E-state index in [4.69, 9.17) is 23.7 Å². The van der Waals surface area contributed by atoms with Crippen molar-refractivity contribution in [2.75, 3.05) is 72.4 Å². The lowest BCUT2D eigenvalue weighted by Gasteiger charge is -2.42. The number of fused-ring (bicyclic) bond motifs is 9. The number of amides is 7. The Hall–Kier alpha value is -11.7. The average Bonchev–Trinajstić information content (AvgIpc) is 1.50. The number of phenols is 2. The van der Waals surface area contributed by atoms with Crippen LogP contribution < -0.4 is 36.6 Å². The van der Waals surface area contributed by atoms with Gasteiger partial charge in [-0.25, -0.2) is 4.79 Å². The second-order valence-corrected chi connectivity index (χ2v) is 26.4. The number of nitrogens with zero attached hydrogens (tertiary/aromatic N) is 1. The zero-order valence-corrected chi connectivity index (χ0v) is 58.1. The van der Waals surface area contributed by atoms with Gasteiger partial charge in [0.25, 0.3) is 5.91 Å². The summed E-state index contributed by atoms with van der Waals surface area (Å²) in [5, 5.41) is 56.6. The number of aliphatic carboxylic acids is 2. The first-order chi connectivity index (χ1) is 51.2. The van der Waals surface area contributed by atoms with Crippen LogP contribution >= 0.6 is 0 Å². The third-order valence-corrected chi connectivity index (χ3v) is 19.1. The zero-order valence-electron chi connectivity index (χ0n) is 58.1. The van der Waals surface area contributed by atoms with E-state index < -0.39 is 88.3 Å². The highest BCUT2D eigenvalue weighted by molar-refractivity contribution is 6.02. The number of hydrogen-bond donors (Lipinski definition) is 10. The number of phenolic OH excluding ortho intramolecular Hbond substituents is 2. The molecule has 4 heterocycles. The van der Waals surface area contributed by atoms with Crippen molar-refractivity contribution >= 4 is 59.3 Å². The monoisotopic (exact) mass is 1450 g/mol. The molecule has 0 saturated carbocycles. The Balaban J connectivity index is 0.646. The summed E-state index contributed by atoms with van der Waals surface area (Å²) < 4.78 is 29.2. The minimum absolute atomic E-state index is 0.0185. The van der Waals surface area contributed by atoms with Gasteiger partial charge in [-0.15, -0.1) is 0 Å². The first kappa shape index (κ1) is 75.4. The topological polar surface area (TPSA) is 373 Å². The van der Waals surface area contributed by atoms with E-state index in [9.17, 15) is 63.6 Å². The van der Waals surface area contributed by atoms with Crippen molar-refractivity contribution in [3.63, 3.8) is 0 Å². The molecule has 2 bridgehead atoms. The van der Waals surface area contributed by atoms with Crippen LogP contribution in [0.15, 0.2) is 170 Å². The van der Waals surface area contributed by atoms with Crippen molar-refractivity contribution in [1.29, 1.82) is 0 Å². The molecule has 0 unspecified atom stereocenters. The molecule has 4 aliphatic heterocycles. The minimum Gasteiger partial charge on any atom is -0.508 e. The van der Waals surface area contributed by atoms with Crippen molar-refractivity contribution in [2.45, 2.75) is 82.0 Å². The lowest BCUT2D eigenvalue weighted by Crippen LogP contribution is -2.58. The van der Waals surface area contributed by atoms with Gasteiger partial charge in [-0.05, 0) is 120 Å². The third-order valence-electron chi connectivity index (χ3n) is 19.1. The van der Waals surface area contributed by atoms with Crippen LogP contribution in [0.3, 0.4) is 0 Å². The predicted molar refractivity (Wildman–Crippen MR) is 384 cm³/mol. The molecule has 3 atom stereocenters. The quantitative estimate of drug-likeness (QED) is 0.0170. The molecule has 0 aromatic heterocycles. The number of esters is 1. The second kappa shape index (κ2) is 35.2. The number of piperidine rings is 1. The molecule has 1 saturated heterocycles. The van der Waals surface area contributed by atoms with Crippen molar-refractivity contribution in [1.82, 2.24) is 36.8 Å². The lowest BCUT2D eigenvalue weighted by atomic mass is 9.74. The molecule has 1 spiro atoms. The van der Waals surface area contributed by atoms with Crippen LogP contribution in [0.4, 0.5) is 0 Å². The summed E-state index contributed by atoms with van der Waals surface area (Å²) in [7, 11) is 0. The SMILES string of the molecule is O=C1/C=C/C(=O)N2CCC[C@](Cc3ccccc3)(C2)C(=O)N[C@@H](Cc2ccc(-c3ccc(CC(C(=O)O)C(=O)O)cc3)cc2)C(=O)NCc2ccccc2CC(=O)N[C@H](C(=O)NCCCOCCOCCOCCCNC(=O)c2ccc3c(c2)C(=O)OC32c3ccc(O)cc3Oc3cc(O)ccc32)CCN1. The highest BCUT2D eigenvalue weighted by atomic mass is 16.6. The van der Waals surface area contributed by atoms with E-state index in [0.29, 0.717) is 77.8 Å². The normalized spacial score (nSPS) is 18.3. The molecule has 0 radical (unpaired) electrons. The van der Waals surface area contributed by atoms with Crippen molar-refractivity contribution in [2.24, 2.45) is 11.3 Å². The first-order valence-corrected chi connectivity index (χ1v) is 35.1. The van der Waals surface area contributed by atoms with Gasteiger partial charge in [0.2, 0.25) is 35.4 Å². The number of rotatable bonds is 25. The van der Waals surface area contributed by atoms with Crippen LogP contribution in [0.2, 0.25) is 0 Å². The number of ether oxygens (including phenoxy) is 5. The standard InChI is InChI=1S/C80H83N7O19/c88-58-22-25-63-67(45-58)105-68-46-59(89)23-26-64(68)80(63)62-24-21-56(43-60(62)77(100)106-80)72(93)82-31-7-35-102-37-39-104-40-38-103-36-8-32-83-73(94)65-29-33-81-69(90)27-28-71(92)87-34-6-30-79(49-87,47-52-9-2-1-3-10-52)78(101)86-66(74(95)84-48-57-12-5-4-11-55(57)44-70(91)85-65)42-51-15-19-54(20-16-51)53-17-13-50(14-18-53)41-61(75(96)97)76(98)99/h1-5,9-28,43,45-46,61,65-66,88-89H,6-8,29-42,44,47-49H2,(H,81,90)(H,82,93)(H,83,94)(H,84,95)(H,85,91)(H,86,101)(H,96,97)(H,98,99)/b28-27+/t65-,66-,79-/m0/s1. The summed E-state index contributed by atoms with van der Waals surface area (Å²) in [4.78, 5) is 136. The summed E-state index contributed by atoms with van der Waals surface area (Å²) in [5.74, 6) is -8.30. The summed E-state index contributed by atoms with van der Waals surface area (Å²) in [6.07, 6.45) is 3.81. The lowest BCUT2D eigenvalue weighted by molar-refractivity contribution is -0.154. The molecule has 7 amide bonds. The Morgan fingerprint density at radius 2 is 1.23 bits per heavy atom. The van der Waals surface area contributed by atoms with Crippen molar-refractivity contribution in [3.05, 3.63) is 226 Å². The molecule has 7 aromatic carbocycles. The number of benzene rings is 7. The van der Waals surface area contributed by atoms with E-state index in [-0.39, 0.29) is 132 Å². The molecule has 4 aliphatic rings. The van der Waals surface area contributed by atoms with Gasteiger partial charge in [-0.1, -0.05) is 109 Å². The third kappa shape index (κ3) is 18.8. The maximum Gasteiger partial charge on any atom is 0.340 e. The average molecular weight is 1450 g/mol. The van der Waals surface area contributed by atoms with Crippen molar-refractivity contribution in [3.8, 4) is 34.1 Å². The van der Waals surface area contributed by atoms with Crippen LogP contribution in [0.25, 0.3) is 11.1 Å². The Morgan fingerprint density at radius 3 is 1.88 bits per heavy atom. The van der Waals surface area contributed by atoms with Gasteiger partial charge in [-0.3, -0.25) is 43.2 Å². The van der Waals surface area contributed by atoms with Gasteiger partial charge in [0.05, 0.1) is 43.8 Å². The zero-order chi connectivity index (χ0) is 74.7. The Bertz CT molecular complexity index is 4370. The maximum absolute atomic E-state index is 15.1. The Kier molecular flexibility index (Phi) is 25.0. The highest BCUT2D eigenvalue weighted by Crippen LogP contribution is 2.57. The van der Waals surface area contributed by atoms with Gasteiger partial charge in [0.1, 0.15) is 35.1 Å². The molecule has 26 heteroatoms. The van der Waals surface area contributed by atoms with E-state index in [2.05, 4.69) is 31.9 Å². The highest BCUT2D eigenvalue weighted by Gasteiger charge is 2.54. The van der Waals surface area contributed by atoms with Gasteiger partial charge < -0.3 is 80.9 Å². The fraction of sp³-hybridized carbons (Fsp3) is 0.325. The smallest absolute Gasteiger partial charge is 0.340 e. The molecular formula is C80H83N7O19. The predicted octanol–water partition coefficient (Wildman–Crippen LogP) is 6.34. The number of carboxylic acids is 2. The van der Waals surface area contributed by atoms with E-state index >= 15 is 4.79 Å². The second-order valence-electron chi connectivity index (χ2n) is 26.4. The van der Waals surface area contributed by atoms with E-state index in [0.717, 1.165) is 28.8 Å². The first-order valence-electron chi connectivity index (χ1n) is 35.1. The number of hydrogen-bond acceptors (Lipinski definition) is 17. The summed E-state index contributed by atoms with van der Waals surface area (Å²) in [6.45, 7) is 2.34. The van der Waals surface area contributed by atoms with Gasteiger partial charge in [0, 0.05) is 105 Å². The minimum atomic E-state index is -1.60. The number of carboxylic acid groups (broad SMARTS) is 2. The van der Waals surface area contributed by atoms with Crippen LogP contribution in [0.1, 0.15) is 97.3 Å². The fourth-order valence-electron chi connectivity index (χ4n) is 13.6. The van der Waals surface area contributed by atoms with Gasteiger partial charge >= 0.3 is 17.9 Å². The fourth-order valence-corrected chi connectivity index (χ4v) is 13.6. The van der Waals surface area contributed by atoms with E-state index in [1.807, 2.05) is 54.6 Å². The molecule has 552 valence electrons. The molecule has 0 aliphatic carbocycles. The number of nitrogens with one attached hydrogen (secondary N) is 6. The molecule has 26 nitrogen and oxygen atoms in total. The maximum atomic E-state index is 15.1. The van der Waals surface area contributed by atoms with Crippen LogP contribution in [-0.4, -0.2) is 169 Å². The van der Waals surface area contributed by atoms with Crippen LogP contribution in [-0.2, 0) is 95.1 Å². The van der Waals surface area contributed by atoms with Crippen molar-refractivity contribution < 1.29 is 92.1 Å². The number of carbonyl (C=O) groups is 10. The number of aromatic hydroxyl groups is 2. The van der Waals surface area contributed by atoms with Crippen LogP contribution in [0, 0.1) is 11.3 Å². The molecular weight excluding hydrogens is 1360 g/mol. The number of carbonyl (C=O) groups excluding carboxylic acids is 8. The Morgan fingerprint density at radius 1 is 0.623 bits per heavy atom. The van der Waals surface area contributed by atoms with Crippen LogP contribution in [0.5, 0.6) is 23.0 Å².